The van der Waals surface area contributed by atoms with Crippen LogP contribution in [-0.4, -0.2) is 17.5 Å². The molecule has 1 aromatic heterocycles. The van der Waals surface area contributed by atoms with Gasteiger partial charge in [0.25, 0.3) is 10.0 Å². The highest BCUT2D eigenvalue weighted by Gasteiger charge is 2.21. The molecule has 1 heterocycles. The standard InChI is InChI=1S/C14H10FNO3S/c15-13-9-16(14-7-6-10(17)8-12(13)14)20(18,19)11-4-2-1-3-5-11/h1-9,17H. The fourth-order valence-electron chi connectivity index (χ4n) is 2.05. The minimum Gasteiger partial charge on any atom is -0.508 e. The van der Waals surface area contributed by atoms with Crippen LogP contribution in [0.15, 0.2) is 59.6 Å². The van der Waals surface area contributed by atoms with Gasteiger partial charge < -0.3 is 5.11 Å². The summed E-state index contributed by atoms with van der Waals surface area (Å²) in [4.78, 5) is 0.0741. The lowest BCUT2D eigenvalue weighted by Crippen LogP contribution is -2.11. The van der Waals surface area contributed by atoms with Gasteiger partial charge in [0, 0.05) is 5.39 Å². The largest absolute Gasteiger partial charge is 0.508 e. The molecule has 0 spiro atoms. The van der Waals surface area contributed by atoms with E-state index in [9.17, 15) is 17.9 Å². The van der Waals surface area contributed by atoms with Gasteiger partial charge >= 0.3 is 0 Å². The van der Waals surface area contributed by atoms with Crippen LogP contribution in [0.3, 0.4) is 0 Å². The molecule has 0 unspecified atom stereocenters. The maximum Gasteiger partial charge on any atom is 0.268 e. The second-order valence-corrected chi connectivity index (χ2v) is 6.11. The third-order valence-corrected chi connectivity index (χ3v) is 4.69. The Labute approximate surface area is 114 Å². The van der Waals surface area contributed by atoms with Gasteiger partial charge in [0.1, 0.15) is 11.6 Å². The molecule has 20 heavy (non-hydrogen) atoms. The molecule has 3 aromatic rings. The molecule has 2 aromatic carbocycles. The van der Waals surface area contributed by atoms with Crippen molar-refractivity contribution in [2.75, 3.05) is 0 Å². The molecule has 0 atom stereocenters. The van der Waals surface area contributed by atoms with E-state index in [1.165, 1.54) is 30.3 Å². The average Bonchev–Trinajstić information content (AvgIpc) is 2.77. The summed E-state index contributed by atoms with van der Waals surface area (Å²) in [7, 11) is -3.86. The highest BCUT2D eigenvalue weighted by Crippen LogP contribution is 2.27. The third kappa shape index (κ3) is 1.85. The normalized spacial score (nSPS) is 11.8. The predicted molar refractivity (Wildman–Crippen MR) is 72.6 cm³/mol. The van der Waals surface area contributed by atoms with Crippen LogP contribution in [0.1, 0.15) is 0 Å². The van der Waals surface area contributed by atoms with Crippen LogP contribution in [0.25, 0.3) is 10.9 Å². The van der Waals surface area contributed by atoms with Gasteiger partial charge in [-0.25, -0.2) is 16.8 Å². The lowest BCUT2D eigenvalue weighted by molar-refractivity contribution is 0.476. The number of aromatic hydroxyl groups is 1. The number of hydrogen-bond donors (Lipinski definition) is 1. The first-order chi connectivity index (χ1) is 9.50. The number of phenols is 1. The van der Waals surface area contributed by atoms with Gasteiger partial charge in [0.15, 0.2) is 0 Å². The summed E-state index contributed by atoms with van der Waals surface area (Å²) < 4.78 is 39.7. The minimum atomic E-state index is -3.86. The molecular weight excluding hydrogens is 281 g/mol. The van der Waals surface area contributed by atoms with Crippen LogP contribution in [0, 0.1) is 5.82 Å². The molecule has 0 saturated carbocycles. The van der Waals surface area contributed by atoms with Gasteiger partial charge in [-0.3, -0.25) is 0 Å². The monoisotopic (exact) mass is 291 g/mol. The van der Waals surface area contributed by atoms with Crippen LogP contribution < -0.4 is 0 Å². The summed E-state index contributed by atoms with van der Waals surface area (Å²) in [5.74, 6) is -0.818. The van der Waals surface area contributed by atoms with E-state index in [-0.39, 0.29) is 21.5 Å². The van der Waals surface area contributed by atoms with Crippen molar-refractivity contribution in [3.05, 3.63) is 60.5 Å². The van der Waals surface area contributed by atoms with Crippen molar-refractivity contribution in [2.45, 2.75) is 4.90 Å². The van der Waals surface area contributed by atoms with Gasteiger partial charge in [0.2, 0.25) is 0 Å². The number of nitrogens with zero attached hydrogens (tertiary/aromatic N) is 1. The number of fused-ring (bicyclic) bond motifs is 1. The molecule has 0 aliphatic heterocycles. The molecule has 0 aliphatic carbocycles. The van der Waals surface area contributed by atoms with E-state index in [4.69, 9.17) is 0 Å². The number of hydrogen-bond acceptors (Lipinski definition) is 3. The Morgan fingerprint density at radius 3 is 2.45 bits per heavy atom. The Morgan fingerprint density at radius 2 is 1.75 bits per heavy atom. The molecule has 3 rings (SSSR count). The molecule has 4 nitrogen and oxygen atoms in total. The Kier molecular flexibility index (Phi) is 2.76. The molecular formula is C14H10FNO3S. The zero-order chi connectivity index (χ0) is 14.3. The van der Waals surface area contributed by atoms with Crippen LogP contribution in [0.2, 0.25) is 0 Å². The molecule has 0 radical (unpaired) electrons. The molecule has 0 fully saturated rings. The molecule has 0 bridgehead atoms. The van der Waals surface area contributed by atoms with E-state index in [1.807, 2.05) is 0 Å². The molecule has 0 aliphatic rings. The smallest absolute Gasteiger partial charge is 0.268 e. The summed E-state index contributed by atoms with van der Waals surface area (Å²) in [5, 5.41) is 9.42. The van der Waals surface area contributed by atoms with Gasteiger partial charge in [-0.05, 0) is 30.3 Å². The van der Waals surface area contributed by atoms with Crippen LogP contribution in [-0.2, 0) is 10.0 Å². The first-order valence-electron chi connectivity index (χ1n) is 5.80. The number of halogens is 1. The first-order valence-corrected chi connectivity index (χ1v) is 7.24. The Morgan fingerprint density at radius 1 is 1.05 bits per heavy atom. The highest BCUT2D eigenvalue weighted by atomic mass is 32.2. The van der Waals surface area contributed by atoms with Crippen LogP contribution >= 0.6 is 0 Å². The summed E-state index contributed by atoms with van der Waals surface area (Å²) in [5.41, 5.74) is 0.184. The Hall–Kier alpha value is -2.34. The summed E-state index contributed by atoms with van der Waals surface area (Å²) in [6.07, 6.45) is 0.909. The SMILES string of the molecule is O=S(=O)(c1ccccc1)n1cc(F)c2cc(O)ccc21. The topological polar surface area (TPSA) is 59.3 Å². The zero-order valence-corrected chi connectivity index (χ0v) is 11.0. The Bertz CT molecular complexity index is 885. The third-order valence-electron chi connectivity index (χ3n) is 3.01. The number of phenolic OH excluding ortho intramolecular Hbond substituents is 1. The van der Waals surface area contributed by atoms with E-state index < -0.39 is 15.8 Å². The molecule has 1 N–H and O–H groups in total. The molecule has 0 amide bonds. The quantitative estimate of drug-likeness (QED) is 0.789. The second kappa shape index (κ2) is 4.35. The fourth-order valence-corrected chi connectivity index (χ4v) is 3.43. The van der Waals surface area contributed by atoms with E-state index >= 15 is 0 Å². The zero-order valence-electron chi connectivity index (χ0n) is 10.2. The van der Waals surface area contributed by atoms with Crippen LogP contribution in [0.4, 0.5) is 4.39 Å². The van der Waals surface area contributed by atoms with Gasteiger partial charge in [-0.15, -0.1) is 0 Å². The average molecular weight is 291 g/mol. The van der Waals surface area contributed by atoms with Crippen molar-refractivity contribution in [2.24, 2.45) is 0 Å². The second-order valence-electron chi connectivity index (χ2n) is 4.29. The number of benzene rings is 2. The maximum atomic E-state index is 13.8. The summed E-state index contributed by atoms with van der Waals surface area (Å²) >= 11 is 0. The van der Waals surface area contributed by atoms with Crippen LogP contribution in [0.5, 0.6) is 5.75 Å². The summed E-state index contributed by atoms with van der Waals surface area (Å²) in [6, 6.07) is 11.7. The fraction of sp³-hybridized carbons (Fsp3) is 0. The van der Waals surface area contributed by atoms with Gasteiger partial charge in [0.05, 0.1) is 16.6 Å². The molecule has 6 heteroatoms. The predicted octanol–water partition coefficient (Wildman–Crippen LogP) is 2.72. The van der Waals surface area contributed by atoms with Crippen molar-refractivity contribution in [3.8, 4) is 5.75 Å². The van der Waals surface area contributed by atoms with Crippen molar-refractivity contribution < 1.29 is 17.9 Å². The van der Waals surface area contributed by atoms with Crippen molar-refractivity contribution in [1.29, 1.82) is 0 Å². The lowest BCUT2D eigenvalue weighted by atomic mass is 10.2. The van der Waals surface area contributed by atoms with E-state index in [0.717, 1.165) is 10.2 Å². The van der Waals surface area contributed by atoms with Gasteiger partial charge in [-0.1, -0.05) is 18.2 Å². The number of rotatable bonds is 2. The summed E-state index contributed by atoms with van der Waals surface area (Å²) in [6.45, 7) is 0. The minimum absolute atomic E-state index is 0.0597. The lowest BCUT2D eigenvalue weighted by Gasteiger charge is -2.07. The Balaban J connectivity index is 2.31. The van der Waals surface area contributed by atoms with Crippen molar-refractivity contribution >= 4 is 20.9 Å². The van der Waals surface area contributed by atoms with Crippen molar-refractivity contribution in [1.82, 2.24) is 3.97 Å². The van der Waals surface area contributed by atoms with E-state index in [1.54, 1.807) is 18.2 Å². The highest BCUT2D eigenvalue weighted by molar-refractivity contribution is 7.90. The number of aromatic nitrogens is 1. The first kappa shape index (κ1) is 12.7. The van der Waals surface area contributed by atoms with E-state index in [0.29, 0.717) is 0 Å². The van der Waals surface area contributed by atoms with Crippen molar-refractivity contribution in [3.63, 3.8) is 0 Å². The molecule has 0 saturated heterocycles. The maximum absolute atomic E-state index is 13.8. The van der Waals surface area contributed by atoms with E-state index in [2.05, 4.69) is 0 Å². The van der Waals surface area contributed by atoms with Gasteiger partial charge in [-0.2, -0.15) is 0 Å². The molecule has 102 valence electrons.